The molecule has 0 aromatic heterocycles. The first-order chi connectivity index (χ1) is 6.10. The Labute approximate surface area is 83.1 Å². The quantitative estimate of drug-likeness (QED) is 0.569. The summed E-state index contributed by atoms with van der Waals surface area (Å²) in [6, 6.07) is 0. The maximum absolute atomic E-state index is 3.99. The first kappa shape index (κ1) is 12.4. The maximum Gasteiger partial charge on any atom is 0.0224 e. The molecule has 0 saturated carbocycles. The molecule has 0 aromatic carbocycles. The number of nitrogens with zero attached hydrogens (tertiary/aromatic N) is 1. The Bertz CT molecular complexity index is 170. The topological polar surface area (TPSA) is 3.24 Å². The molecule has 0 fully saturated rings. The zero-order valence-corrected chi connectivity index (χ0v) is 9.51. The molecule has 0 amide bonds. The smallest absolute Gasteiger partial charge is 0.0224 e. The summed E-state index contributed by atoms with van der Waals surface area (Å²) in [6.45, 7) is 12.7. The van der Waals surface area contributed by atoms with Crippen molar-refractivity contribution in [2.45, 2.75) is 27.2 Å². The van der Waals surface area contributed by atoms with Crippen LogP contribution >= 0.6 is 0 Å². The molecule has 0 spiro atoms. The minimum Gasteiger partial charge on any atom is -0.302 e. The fourth-order valence-corrected chi connectivity index (χ4v) is 1.36. The van der Waals surface area contributed by atoms with Crippen molar-refractivity contribution in [3.05, 3.63) is 24.3 Å². The third kappa shape index (κ3) is 6.59. The molecule has 1 unspecified atom stereocenters. The van der Waals surface area contributed by atoms with Crippen molar-refractivity contribution in [2.24, 2.45) is 5.92 Å². The molecule has 1 nitrogen and oxygen atoms in total. The predicted molar refractivity (Wildman–Crippen MR) is 60.9 cm³/mol. The second-order valence-electron chi connectivity index (χ2n) is 3.87. The fourth-order valence-electron chi connectivity index (χ4n) is 1.36. The van der Waals surface area contributed by atoms with Crippen molar-refractivity contribution in [3.63, 3.8) is 0 Å². The summed E-state index contributed by atoms with van der Waals surface area (Å²) in [6.07, 6.45) is 5.37. The van der Waals surface area contributed by atoms with Crippen LogP contribution in [0.3, 0.4) is 0 Å². The van der Waals surface area contributed by atoms with E-state index in [2.05, 4.69) is 38.5 Å². The molecule has 0 aromatic rings. The van der Waals surface area contributed by atoms with E-state index < -0.39 is 0 Å². The Morgan fingerprint density at radius 3 is 2.62 bits per heavy atom. The highest BCUT2D eigenvalue weighted by molar-refractivity contribution is 5.15. The van der Waals surface area contributed by atoms with E-state index >= 15 is 0 Å². The molecule has 1 atom stereocenters. The molecular formula is C12H23N. The van der Waals surface area contributed by atoms with Gasteiger partial charge in [-0.3, -0.25) is 0 Å². The summed E-state index contributed by atoms with van der Waals surface area (Å²) < 4.78 is 0. The van der Waals surface area contributed by atoms with Crippen molar-refractivity contribution >= 4 is 0 Å². The highest BCUT2D eigenvalue weighted by atomic mass is 15.1. The van der Waals surface area contributed by atoms with E-state index in [1.165, 1.54) is 12.0 Å². The second kappa shape index (κ2) is 6.90. The highest BCUT2D eigenvalue weighted by Gasteiger charge is 2.03. The van der Waals surface area contributed by atoms with Crippen molar-refractivity contribution in [3.8, 4) is 0 Å². The Hall–Kier alpha value is -0.560. The summed E-state index contributed by atoms with van der Waals surface area (Å²) in [4.78, 5) is 2.33. The number of likely N-dealkylation sites (N-methyl/N-ethyl adjacent to an activating group) is 1. The molecular weight excluding hydrogens is 158 g/mol. The molecule has 0 heterocycles. The van der Waals surface area contributed by atoms with Crippen LogP contribution in [0.1, 0.15) is 27.2 Å². The summed E-state index contributed by atoms with van der Waals surface area (Å²) in [5, 5.41) is 0. The average molecular weight is 181 g/mol. The van der Waals surface area contributed by atoms with Crippen molar-refractivity contribution in [2.75, 3.05) is 20.1 Å². The Morgan fingerprint density at radius 2 is 2.15 bits per heavy atom. The van der Waals surface area contributed by atoms with E-state index in [0.29, 0.717) is 0 Å². The van der Waals surface area contributed by atoms with E-state index in [0.717, 1.165) is 19.0 Å². The molecule has 0 rings (SSSR count). The Balaban J connectivity index is 3.73. The van der Waals surface area contributed by atoms with E-state index in [1.807, 2.05) is 13.0 Å². The van der Waals surface area contributed by atoms with Gasteiger partial charge in [-0.1, -0.05) is 39.0 Å². The van der Waals surface area contributed by atoms with Crippen LogP contribution in [0.2, 0.25) is 0 Å². The van der Waals surface area contributed by atoms with Crippen molar-refractivity contribution in [1.82, 2.24) is 4.90 Å². The second-order valence-corrected chi connectivity index (χ2v) is 3.87. The van der Waals surface area contributed by atoms with Crippen LogP contribution in [-0.2, 0) is 0 Å². The number of rotatable bonds is 6. The standard InChI is InChI=1S/C12H23N/c1-6-8-12(4)10-13(5)9-11(3)7-2/h6,8,11H,4,7,9-10H2,1-3,5H3. The van der Waals surface area contributed by atoms with Gasteiger partial charge in [0.1, 0.15) is 0 Å². The average Bonchev–Trinajstić information content (AvgIpc) is 2.04. The molecule has 13 heavy (non-hydrogen) atoms. The highest BCUT2D eigenvalue weighted by Crippen LogP contribution is 2.04. The van der Waals surface area contributed by atoms with Gasteiger partial charge in [0.25, 0.3) is 0 Å². The van der Waals surface area contributed by atoms with Crippen LogP contribution in [0.4, 0.5) is 0 Å². The third-order valence-corrected chi connectivity index (χ3v) is 2.20. The predicted octanol–water partition coefficient (Wildman–Crippen LogP) is 3.10. The van der Waals surface area contributed by atoms with Gasteiger partial charge < -0.3 is 4.90 Å². The lowest BCUT2D eigenvalue weighted by Crippen LogP contribution is -2.25. The van der Waals surface area contributed by atoms with Gasteiger partial charge in [0.2, 0.25) is 0 Å². The minimum atomic E-state index is 0.781. The lowest BCUT2D eigenvalue weighted by atomic mass is 10.1. The van der Waals surface area contributed by atoms with Gasteiger partial charge in [-0.15, -0.1) is 0 Å². The summed E-state index contributed by atoms with van der Waals surface area (Å²) >= 11 is 0. The largest absolute Gasteiger partial charge is 0.302 e. The molecule has 0 aliphatic heterocycles. The van der Waals surface area contributed by atoms with E-state index in [9.17, 15) is 0 Å². The first-order valence-electron chi connectivity index (χ1n) is 5.09. The SMILES string of the molecule is C=C(C=CC)CN(C)CC(C)CC. The van der Waals surface area contributed by atoms with Crippen LogP contribution in [-0.4, -0.2) is 25.0 Å². The van der Waals surface area contributed by atoms with Gasteiger partial charge in [0.05, 0.1) is 0 Å². The number of hydrogen-bond acceptors (Lipinski definition) is 1. The monoisotopic (exact) mass is 181 g/mol. The minimum absolute atomic E-state index is 0.781. The van der Waals surface area contributed by atoms with Crippen LogP contribution in [0, 0.1) is 5.92 Å². The normalized spacial score (nSPS) is 13.9. The summed E-state index contributed by atoms with van der Waals surface area (Å²) in [5.41, 5.74) is 1.19. The number of hydrogen-bond donors (Lipinski definition) is 0. The fraction of sp³-hybridized carbons (Fsp3) is 0.667. The van der Waals surface area contributed by atoms with Gasteiger partial charge in [-0.25, -0.2) is 0 Å². The Kier molecular flexibility index (Phi) is 6.61. The van der Waals surface area contributed by atoms with Crippen LogP contribution in [0.15, 0.2) is 24.3 Å². The molecule has 0 N–H and O–H groups in total. The maximum atomic E-state index is 3.99. The van der Waals surface area contributed by atoms with Crippen LogP contribution < -0.4 is 0 Å². The van der Waals surface area contributed by atoms with Gasteiger partial charge in [0.15, 0.2) is 0 Å². The number of allylic oxidation sites excluding steroid dienone is 1. The zero-order valence-electron chi connectivity index (χ0n) is 9.51. The molecule has 76 valence electrons. The van der Waals surface area contributed by atoms with E-state index in [1.54, 1.807) is 0 Å². The van der Waals surface area contributed by atoms with Gasteiger partial charge >= 0.3 is 0 Å². The molecule has 0 radical (unpaired) electrons. The lowest BCUT2D eigenvalue weighted by Gasteiger charge is -2.20. The van der Waals surface area contributed by atoms with Gasteiger partial charge in [0, 0.05) is 13.1 Å². The van der Waals surface area contributed by atoms with Crippen LogP contribution in [0.5, 0.6) is 0 Å². The summed E-state index contributed by atoms with van der Waals surface area (Å²) in [5.74, 6) is 0.781. The zero-order chi connectivity index (χ0) is 10.3. The Morgan fingerprint density at radius 1 is 1.54 bits per heavy atom. The molecule has 0 aliphatic carbocycles. The molecule has 0 aliphatic rings. The molecule has 0 bridgehead atoms. The van der Waals surface area contributed by atoms with Gasteiger partial charge in [-0.2, -0.15) is 0 Å². The molecule has 0 saturated heterocycles. The summed E-state index contributed by atoms with van der Waals surface area (Å²) in [7, 11) is 2.15. The van der Waals surface area contributed by atoms with Crippen LogP contribution in [0.25, 0.3) is 0 Å². The lowest BCUT2D eigenvalue weighted by molar-refractivity contribution is 0.304. The van der Waals surface area contributed by atoms with Crippen molar-refractivity contribution < 1.29 is 0 Å². The van der Waals surface area contributed by atoms with E-state index in [-0.39, 0.29) is 0 Å². The third-order valence-electron chi connectivity index (χ3n) is 2.20. The van der Waals surface area contributed by atoms with Gasteiger partial charge in [-0.05, 0) is 25.5 Å². The van der Waals surface area contributed by atoms with E-state index in [4.69, 9.17) is 0 Å². The molecule has 1 heteroatoms. The first-order valence-corrected chi connectivity index (χ1v) is 5.09. The van der Waals surface area contributed by atoms with Crippen molar-refractivity contribution in [1.29, 1.82) is 0 Å².